The molecule has 1 fully saturated rings. The van der Waals surface area contributed by atoms with Crippen LogP contribution >= 0.6 is 0 Å². The van der Waals surface area contributed by atoms with Crippen LogP contribution in [0.15, 0.2) is 53.4 Å². The molecule has 1 amide bonds. The van der Waals surface area contributed by atoms with Gasteiger partial charge in [-0.3, -0.25) is 4.79 Å². The van der Waals surface area contributed by atoms with E-state index < -0.39 is 10.0 Å². The van der Waals surface area contributed by atoms with E-state index in [2.05, 4.69) is 11.4 Å². The molecular formula is C20H21N3O3S. The minimum Gasteiger partial charge on any atom is -0.325 e. The number of rotatable bonds is 4. The SMILES string of the molecule is Cc1cccc(S(=O)(=O)N2CCC(C(=O)Nc3ccccc3C#N)CC2)c1. The van der Waals surface area contributed by atoms with E-state index in [0.717, 1.165) is 5.56 Å². The lowest BCUT2D eigenvalue weighted by atomic mass is 9.97. The molecule has 6 nitrogen and oxygen atoms in total. The Morgan fingerprint density at radius 1 is 1.15 bits per heavy atom. The van der Waals surface area contributed by atoms with Crippen molar-refractivity contribution >= 4 is 21.6 Å². The van der Waals surface area contributed by atoms with Gasteiger partial charge in [0.2, 0.25) is 15.9 Å². The molecule has 7 heteroatoms. The molecule has 0 aromatic heterocycles. The highest BCUT2D eigenvalue weighted by Gasteiger charge is 2.32. The fourth-order valence-corrected chi connectivity index (χ4v) is 4.78. The minimum atomic E-state index is -3.54. The van der Waals surface area contributed by atoms with Crippen molar-refractivity contribution in [3.8, 4) is 6.07 Å². The van der Waals surface area contributed by atoms with Gasteiger partial charge in [0, 0.05) is 19.0 Å². The average molecular weight is 383 g/mol. The highest BCUT2D eigenvalue weighted by Crippen LogP contribution is 2.25. The van der Waals surface area contributed by atoms with Gasteiger partial charge in [0.1, 0.15) is 6.07 Å². The molecule has 1 saturated heterocycles. The normalized spacial score (nSPS) is 15.9. The maximum atomic E-state index is 12.8. The number of piperidine rings is 1. The van der Waals surface area contributed by atoms with Crippen molar-refractivity contribution in [1.29, 1.82) is 5.26 Å². The zero-order valence-electron chi connectivity index (χ0n) is 15.1. The third-order valence-electron chi connectivity index (χ3n) is 4.76. The van der Waals surface area contributed by atoms with E-state index in [9.17, 15) is 13.2 Å². The van der Waals surface area contributed by atoms with Crippen LogP contribution in [0.25, 0.3) is 0 Å². The molecule has 0 aliphatic carbocycles. The Kier molecular flexibility index (Phi) is 5.59. The molecule has 1 heterocycles. The van der Waals surface area contributed by atoms with Gasteiger partial charge in [0.05, 0.1) is 16.1 Å². The van der Waals surface area contributed by atoms with Gasteiger partial charge in [-0.1, -0.05) is 24.3 Å². The van der Waals surface area contributed by atoms with E-state index in [0.29, 0.717) is 37.2 Å². The first-order chi connectivity index (χ1) is 12.9. The number of anilines is 1. The lowest BCUT2D eigenvalue weighted by Gasteiger charge is -2.30. The largest absolute Gasteiger partial charge is 0.325 e. The standard InChI is InChI=1S/C20H21N3O3S/c1-15-5-4-7-18(13-15)27(25,26)23-11-9-16(10-12-23)20(24)22-19-8-3-2-6-17(19)14-21/h2-8,13,16H,9-12H2,1H3,(H,22,24). The Hall–Kier alpha value is -2.69. The topological polar surface area (TPSA) is 90.3 Å². The summed E-state index contributed by atoms with van der Waals surface area (Å²) < 4.78 is 27.0. The number of aryl methyl sites for hydroxylation is 1. The second kappa shape index (κ2) is 7.91. The van der Waals surface area contributed by atoms with Crippen molar-refractivity contribution in [2.45, 2.75) is 24.7 Å². The average Bonchev–Trinajstić information content (AvgIpc) is 2.68. The summed E-state index contributed by atoms with van der Waals surface area (Å²) in [4.78, 5) is 12.8. The van der Waals surface area contributed by atoms with Gasteiger partial charge in [0.25, 0.3) is 0 Å². The molecule has 0 bridgehead atoms. The van der Waals surface area contributed by atoms with Gasteiger partial charge in [-0.05, 0) is 49.6 Å². The van der Waals surface area contributed by atoms with Crippen LogP contribution in [-0.4, -0.2) is 31.7 Å². The third kappa shape index (κ3) is 4.18. The molecule has 1 N–H and O–H groups in total. The van der Waals surface area contributed by atoms with E-state index in [1.54, 1.807) is 42.5 Å². The first kappa shape index (κ1) is 19.1. The van der Waals surface area contributed by atoms with Gasteiger partial charge in [0.15, 0.2) is 0 Å². The van der Waals surface area contributed by atoms with Crippen molar-refractivity contribution in [1.82, 2.24) is 4.31 Å². The molecule has 2 aromatic rings. The fourth-order valence-electron chi connectivity index (χ4n) is 3.21. The number of nitriles is 1. The number of nitrogens with one attached hydrogen (secondary N) is 1. The van der Waals surface area contributed by atoms with E-state index >= 15 is 0 Å². The molecule has 1 aliphatic rings. The predicted molar refractivity (Wildman–Crippen MR) is 102 cm³/mol. The lowest BCUT2D eigenvalue weighted by molar-refractivity contribution is -0.120. The number of sulfonamides is 1. The summed E-state index contributed by atoms with van der Waals surface area (Å²) in [5.41, 5.74) is 1.78. The molecule has 140 valence electrons. The molecule has 0 unspecified atom stereocenters. The number of amides is 1. The van der Waals surface area contributed by atoms with Crippen LogP contribution in [0.5, 0.6) is 0 Å². The first-order valence-electron chi connectivity index (χ1n) is 8.78. The van der Waals surface area contributed by atoms with Crippen LogP contribution in [0.4, 0.5) is 5.69 Å². The maximum Gasteiger partial charge on any atom is 0.243 e. The lowest BCUT2D eigenvalue weighted by Crippen LogP contribution is -2.41. The monoisotopic (exact) mass is 383 g/mol. The Morgan fingerprint density at radius 3 is 2.52 bits per heavy atom. The van der Waals surface area contributed by atoms with Crippen LogP contribution in [-0.2, 0) is 14.8 Å². The van der Waals surface area contributed by atoms with Crippen molar-refractivity contribution in [3.05, 3.63) is 59.7 Å². The van der Waals surface area contributed by atoms with Gasteiger partial charge in [-0.25, -0.2) is 8.42 Å². The fraction of sp³-hybridized carbons (Fsp3) is 0.300. The Bertz CT molecular complexity index is 988. The number of hydrogen-bond acceptors (Lipinski definition) is 4. The second-order valence-electron chi connectivity index (χ2n) is 6.64. The molecule has 0 spiro atoms. The number of nitrogens with zero attached hydrogens (tertiary/aromatic N) is 2. The number of para-hydroxylation sites is 1. The Labute approximate surface area is 159 Å². The molecule has 0 atom stereocenters. The predicted octanol–water partition coefficient (Wildman–Crippen LogP) is 2.91. The van der Waals surface area contributed by atoms with Crippen LogP contribution in [0, 0.1) is 24.2 Å². The molecule has 0 saturated carbocycles. The number of hydrogen-bond donors (Lipinski definition) is 1. The Balaban J connectivity index is 1.65. The highest BCUT2D eigenvalue weighted by atomic mass is 32.2. The summed E-state index contributed by atoms with van der Waals surface area (Å²) in [6.07, 6.45) is 0.900. The van der Waals surface area contributed by atoms with Crippen LogP contribution < -0.4 is 5.32 Å². The summed E-state index contributed by atoms with van der Waals surface area (Å²) >= 11 is 0. The van der Waals surface area contributed by atoms with Crippen LogP contribution in [0.2, 0.25) is 0 Å². The molecular weight excluding hydrogens is 362 g/mol. The minimum absolute atomic E-state index is 0.176. The Morgan fingerprint density at radius 2 is 1.85 bits per heavy atom. The van der Waals surface area contributed by atoms with Crippen molar-refractivity contribution in [3.63, 3.8) is 0 Å². The molecule has 2 aromatic carbocycles. The van der Waals surface area contributed by atoms with Crippen LogP contribution in [0.3, 0.4) is 0 Å². The number of benzene rings is 2. The summed E-state index contributed by atoms with van der Waals surface area (Å²) in [5, 5.41) is 11.9. The smallest absolute Gasteiger partial charge is 0.243 e. The first-order valence-corrected chi connectivity index (χ1v) is 10.2. The van der Waals surface area contributed by atoms with E-state index in [-0.39, 0.29) is 16.7 Å². The summed E-state index contributed by atoms with van der Waals surface area (Å²) in [6, 6.07) is 15.7. The molecule has 3 rings (SSSR count). The van der Waals surface area contributed by atoms with Crippen LogP contribution in [0.1, 0.15) is 24.0 Å². The number of carbonyl (C=O) groups excluding carboxylic acids is 1. The van der Waals surface area contributed by atoms with Crippen molar-refractivity contribution in [2.24, 2.45) is 5.92 Å². The summed E-state index contributed by atoms with van der Waals surface area (Å²) in [7, 11) is -3.54. The second-order valence-corrected chi connectivity index (χ2v) is 8.58. The van der Waals surface area contributed by atoms with E-state index in [1.165, 1.54) is 4.31 Å². The quantitative estimate of drug-likeness (QED) is 0.879. The summed E-state index contributed by atoms with van der Waals surface area (Å²) in [5.74, 6) is -0.453. The van der Waals surface area contributed by atoms with E-state index in [1.807, 2.05) is 13.0 Å². The zero-order chi connectivity index (χ0) is 19.4. The van der Waals surface area contributed by atoms with Gasteiger partial charge in [-0.15, -0.1) is 0 Å². The van der Waals surface area contributed by atoms with Gasteiger partial charge < -0.3 is 5.32 Å². The number of carbonyl (C=O) groups is 1. The molecule has 27 heavy (non-hydrogen) atoms. The third-order valence-corrected chi connectivity index (χ3v) is 6.65. The van der Waals surface area contributed by atoms with Crippen molar-refractivity contribution in [2.75, 3.05) is 18.4 Å². The molecule has 0 radical (unpaired) electrons. The highest BCUT2D eigenvalue weighted by molar-refractivity contribution is 7.89. The van der Waals surface area contributed by atoms with Gasteiger partial charge in [-0.2, -0.15) is 9.57 Å². The summed E-state index contributed by atoms with van der Waals surface area (Å²) in [6.45, 7) is 2.46. The maximum absolute atomic E-state index is 12.8. The molecule has 1 aliphatic heterocycles. The van der Waals surface area contributed by atoms with Gasteiger partial charge >= 0.3 is 0 Å². The zero-order valence-corrected chi connectivity index (χ0v) is 15.9. The van der Waals surface area contributed by atoms with E-state index in [4.69, 9.17) is 5.26 Å². The van der Waals surface area contributed by atoms with Crippen molar-refractivity contribution < 1.29 is 13.2 Å².